The van der Waals surface area contributed by atoms with Gasteiger partial charge in [0.25, 0.3) is 0 Å². The largest absolute Gasteiger partial charge is 0.475 e. The summed E-state index contributed by atoms with van der Waals surface area (Å²) in [4.78, 5) is 10.7. The Labute approximate surface area is 131 Å². The highest BCUT2D eigenvalue weighted by Crippen LogP contribution is 2.23. The van der Waals surface area contributed by atoms with Crippen molar-refractivity contribution >= 4 is 17.7 Å². The first-order chi connectivity index (χ1) is 10.7. The summed E-state index contributed by atoms with van der Waals surface area (Å²) in [5, 5.41) is 17.9. The Bertz CT molecular complexity index is 770. The Morgan fingerprint density at radius 2 is 1.86 bits per heavy atom. The number of hydrogen-bond acceptors (Lipinski definition) is 5. The maximum absolute atomic E-state index is 10.7. The fourth-order valence-electron chi connectivity index (χ4n) is 1.88. The molecular weight excluding hydrogens is 300 g/mol. The van der Waals surface area contributed by atoms with Crippen molar-refractivity contribution in [3.05, 3.63) is 66.1 Å². The van der Waals surface area contributed by atoms with Crippen LogP contribution >= 0.6 is 11.8 Å². The number of carbonyl (C=O) groups is 1. The van der Waals surface area contributed by atoms with Gasteiger partial charge in [0.05, 0.1) is 11.4 Å². The van der Waals surface area contributed by atoms with Gasteiger partial charge in [-0.1, -0.05) is 42.1 Å². The average Bonchev–Trinajstić information content (AvgIpc) is 3.04. The van der Waals surface area contributed by atoms with Crippen molar-refractivity contribution in [1.82, 2.24) is 10.2 Å². The highest BCUT2D eigenvalue weighted by atomic mass is 32.2. The van der Waals surface area contributed by atoms with Crippen LogP contribution in [0.2, 0.25) is 0 Å². The summed E-state index contributed by atoms with van der Waals surface area (Å²) in [5.74, 6) is -0.0205. The van der Waals surface area contributed by atoms with E-state index < -0.39 is 5.97 Å². The van der Waals surface area contributed by atoms with Crippen LogP contribution in [0.1, 0.15) is 16.3 Å². The Balaban J connectivity index is 1.65. The lowest BCUT2D eigenvalue weighted by atomic mass is 10.1. The van der Waals surface area contributed by atoms with Crippen molar-refractivity contribution < 1.29 is 14.3 Å². The minimum absolute atomic E-state index is 0.0545. The molecule has 1 aromatic carbocycles. The van der Waals surface area contributed by atoms with E-state index in [2.05, 4.69) is 10.2 Å². The van der Waals surface area contributed by atoms with Gasteiger partial charge in [-0.05, 0) is 24.3 Å². The second kappa shape index (κ2) is 6.44. The fraction of sp³-hybridized carbons (Fsp3) is 0.0625. The first-order valence-electron chi connectivity index (χ1n) is 6.56. The Hall–Kier alpha value is -2.60. The lowest BCUT2D eigenvalue weighted by Gasteiger charge is -2.01. The molecule has 0 aliphatic carbocycles. The van der Waals surface area contributed by atoms with Crippen molar-refractivity contribution in [2.45, 2.75) is 10.8 Å². The van der Waals surface area contributed by atoms with Gasteiger partial charge in [0, 0.05) is 5.56 Å². The van der Waals surface area contributed by atoms with Crippen LogP contribution in [0.3, 0.4) is 0 Å². The van der Waals surface area contributed by atoms with Crippen LogP contribution in [0.25, 0.3) is 11.3 Å². The van der Waals surface area contributed by atoms with E-state index in [1.165, 1.54) is 17.8 Å². The predicted octanol–water partition coefficient (Wildman–Crippen LogP) is 3.73. The number of furan rings is 1. The quantitative estimate of drug-likeness (QED) is 0.723. The van der Waals surface area contributed by atoms with Gasteiger partial charge in [-0.25, -0.2) is 4.79 Å². The molecule has 0 spiro atoms. The minimum Gasteiger partial charge on any atom is -0.475 e. The van der Waals surface area contributed by atoms with Crippen molar-refractivity contribution in [3.63, 3.8) is 0 Å². The van der Waals surface area contributed by atoms with E-state index in [9.17, 15) is 4.79 Å². The third kappa shape index (κ3) is 3.35. The molecule has 3 rings (SSSR count). The number of aromatic nitrogens is 2. The highest BCUT2D eigenvalue weighted by Gasteiger charge is 2.09. The number of carboxylic acid groups (broad SMARTS) is 1. The fourth-order valence-corrected chi connectivity index (χ4v) is 2.58. The Morgan fingerprint density at radius 1 is 1.05 bits per heavy atom. The maximum Gasteiger partial charge on any atom is 0.371 e. The molecule has 0 radical (unpaired) electrons. The van der Waals surface area contributed by atoms with Gasteiger partial charge in [-0.15, -0.1) is 10.2 Å². The Morgan fingerprint density at radius 3 is 2.50 bits per heavy atom. The molecule has 0 aliphatic rings. The number of thioether (sulfide) groups is 1. The molecule has 5 nitrogen and oxygen atoms in total. The third-order valence-corrected chi connectivity index (χ3v) is 3.89. The normalized spacial score (nSPS) is 10.5. The summed E-state index contributed by atoms with van der Waals surface area (Å²) < 4.78 is 5.19. The summed E-state index contributed by atoms with van der Waals surface area (Å²) in [6, 6.07) is 16.7. The van der Waals surface area contributed by atoms with Crippen molar-refractivity contribution in [2.24, 2.45) is 0 Å². The van der Waals surface area contributed by atoms with Gasteiger partial charge in [0.15, 0.2) is 0 Å². The number of aromatic carboxylic acids is 1. The predicted molar refractivity (Wildman–Crippen MR) is 82.7 cm³/mol. The van der Waals surface area contributed by atoms with Crippen LogP contribution in [0.15, 0.2) is 64.0 Å². The summed E-state index contributed by atoms with van der Waals surface area (Å²) in [6.07, 6.45) is 0. The third-order valence-electron chi connectivity index (χ3n) is 2.94. The number of nitrogens with zero attached hydrogens (tertiary/aromatic N) is 2. The molecule has 1 N–H and O–H groups in total. The summed E-state index contributed by atoms with van der Waals surface area (Å²) >= 11 is 1.44. The molecule has 0 saturated heterocycles. The summed E-state index contributed by atoms with van der Waals surface area (Å²) in [5.41, 5.74) is 1.83. The molecule has 0 unspecified atom stereocenters. The summed E-state index contributed by atoms with van der Waals surface area (Å²) in [6.45, 7) is 0. The van der Waals surface area contributed by atoms with E-state index >= 15 is 0 Å². The first-order valence-corrected chi connectivity index (χ1v) is 7.55. The van der Waals surface area contributed by atoms with Crippen LogP contribution in [0.4, 0.5) is 0 Å². The molecule has 2 aromatic heterocycles. The molecule has 110 valence electrons. The van der Waals surface area contributed by atoms with Gasteiger partial charge in [-0.2, -0.15) is 0 Å². The zero-order valence-corrected chi connectivity index (χ0v) is 12.3. The van der Waals surface area contributed by atoms with Gasteiger partial charge in [0.2, 0.25) is 5.76 Å². The van der Waals surface area contributed by atoms with Crippen molar-refractivity contribution in [2.75, 3.05) is 0 Å². The molecule has 0 bridgehead atoms. The van der Waals surface area contributed by atoms with Crippen LogP contribution in [0, 0.1) is 0 Å². The van der Waals surface area contributed by atoms with Gasteiger partial charge in [-0.3, -0.25) is 0 Å². The van der Waals surface area contributed by atoms with Crippen molar-refractivity contribution in [3.8, 4) is 11.3 Å². The molecule has 0 aliphatic heterocycles. The lowest BCUT2D eigenvalue weighted by molar-refractivity contribution is 0.0661. The van der Waals surface area contributed by atoms with E-state index in [1.54, 1.807) is 6.07 Å². The monoisotopic (exact) mass is 312 g/mol. The molecule has 0 amide bonds. The minimum atomic E-state index is -1.07. The second-order valence-electron chi connectivity index (χ2n) is 4.48. The molecule has 3 aromatic rings. The first kappa shape index (κ1) is 14.3. The SMILES string of the molecule is O=C(O)c1ccc(CSc2ccc(-c3ccccc3)nn2)o1. The summed E-state index contributed by atoms with van der Waals surface area (Å²) in [7, 11) is 0. The molecule has 6 heteroatoms. The molecule has 2 heterocycles. The smallest absolute Gasteiger partial charge is 0.371 e. The number of carboxylic acids is 1. The Kier molecular flexibility index (Phi) is 4.20. The zero-order chi connectivity index (χ0) is 15.4. The van der Waals surface area contributed by atoms with E-state index in [4.69, 9.17) is 9.52 Å². The van der Waals surface area contributed by atoms with Gasteiger partial charge >= 0.3 is 5.97 Å². The van der Waals surface area contributed by atoms with E-state index in [1.807, 2.05) is 42.5 Å². The topological polar surface area (TPSA) is 76.2 Å². The average molecular weight is 312 g/mol. The van der Waals surface area contributed by atoms with E-state index in [0.717, 1.165) is 16.3 Å². The lowest BCUT2D eigenvalue weighted by Crippen LogP contribution is -1.92. The van der Waals surface area contributed by atoms with Crippen LogP contribution in [-0.2, 0) is 5.75 Å². The van der Waals surface area contributed by atoms with Gasteiger partial charge < -0.3 is 9.52 Å². The standard InChI is InChI=1S/C16H12N2O3S/c19-16(20)14-8-6-12(21-14)10-22-15-9-7-13(17-18-15)11-4-2-1-3-5-11/h1-9H,10H2,(H,19,20). The molecule has 0 saturated carbocycles. The van der Waals surface area contributed by atoms with E-state index in [0.29, 0.717) is 11.5 Å². The second-order valence-corrected chi connectivity index (χ2v) is 5.48. The van der Waals surface area contributed by atoms with Crippen molar-refractivity contribution in [1.29, 1.82) is 0 Å². The number of hydrogen-bond donors (Lipinski definition) is 1. The van der Waals surface area contributed by atoms with Crippen LogP contribution in [0.5, 0.6) is 0 Å². The number of rotatable bonds is 5. The van der Waals surface area contributed by atoms with Crippen LogP contribution < -0.4 is 0 Å². The number of benzene rings is 1. The van der Waals surface area contributed by atoms with Gasteiger partial charge in [0.1, 0.15) is 10.8 Å². The molecule has 0 atom stereocenters. The highest BCUT2D eigenvalue weighted by molar-refractivity contribution is 7.98. The molecule has 22 heavy (non-hydrogen) atoms. The maximum atomic E-state index is 10.7. The molecule has 0 fully saturated rings. The van der Waals surface area contributed by atoms with E-state index in [-0.39, 0.29) is 5.76 Å². The zero-order valence-electron chi connectivity index (χ0n) is 11.5. The molecular formula is C16H12N2O3S. The van der Waals surface area contributed by atoms with Crippen LogP contribution in [-0.4, -0.2) is 21.3 Å².